The lowest BCUT2D eigenvalue weighted by Crippen LogP contribution is -2.53. The summed E-state index contributed by atoms with van der Waals surface area (Å²) in [5, 5.41) is 3.28. The fourth-order valence-corrected chi connectivity index (χ4v) is 2.63. The summed E-state index contributed by atoms with van der Waals surface area (Å²) in [6, 6.07) is 9.12. The summed E-state index contributed by atoms with van der Waals surface area (Å²) in [5.41, 5.74) is 4.94. The molecule has 1 aromatic rings. The fraction of sp³-hybridized carbons (Fsp3) is 0.571. The van der Waals surface area contributed by atoms with Crippen LogP contribution in [0.25, 0.3) is 0 Å². The number of piperidine rings is 1. The van der Waals surface area contributed by atoms with E-state index in [0.717, 1.165) is 19.4 Å². The van der Waals surface area contributed by atoms with E-state index >= 15 is 4.39 Å². The Morgan fingerprint density at radius 3 is 2.71 bits per heavy atom. The Morgan fingerprint density at radius 2 is 2.12 bits per heavy atom. The van der Waals surface area contributed by atoms with Crippen molar-refractivity contribution in [2.75, 3.05) is 13.1 Å². The first-order chi connectivity index (χ1) is 8.16. The largest absolute Gasteiger partial charge is 0.327 e. The molecule has 3 heteroatoms. The molecule has 94 valence electrons. The van der Waals surface area contributed by atoms with Crippen LogP contribution in [0.15, 0.2) is 30.3 Å². The molecule has 3 atom stereocenters. The van der Waals surface area contributed by atoms with Crippen LogP contribution in [0, 0.1) is 5.92 Å². The average molecular weight is 236 g/mol. The van der Waals surface area contributed by atoms with Crippen molar-refractivity contribution in [2.24, 2.45) is 11.7 Å². The Kier molecular flexibility index (Phi) is 3.79. The van der Waals surface area contributed by atoms with Crippen LogP contribution in [0.4, 0.5) is 4.39 Å². The maximum Gasteiger partial charge on any atom is 0.163 e. The molecule has 0 saturated carbocycles. The summed E-state index contributed by atoms with van der Waals surface area (Å²) in [6.45, 7) is 3.08. The van der Waals surface area contributed by atoms with Gasteiger partial charge in [0.05, 0.1) is 0 Å². The van der Waals surface area contributed by atoms with Crippen molar-refractivity contribution in [2.45, 2.75) is 31.5 Å². The summed E-state index contributed by atoms with van der Waals surface area (Å²) >= 11 is 0. The van der Waals surface area contributed by atoms with Crippen LogP contribution in [-0.4, -0.2) is 19.1 Å². The van der Waals surface area contributed by atoms with Gasteiger partial charge >= 0.3 is 0 Å². The predicted molar refractivity (Wildman–Crippen MR) is 68.5 cm³/mol. The van der Waals surface area contributed by atoms with Crippen LogP contribution in [0.5, 0.6) is 0 Å². The second kappa shape index (κ2) is 5.15. The van der Waals surface area contributed by atoms with Crippen molar-refractivity contribution in [3.8, 4) is 0 Å². The monoisotopic (exact) mass is 236 g/mol. The average Bonchev–Trinajstić information content (AvgIpc) is 2.39. The van der Waals surface area contributed by atoms with E-state index in [-0.39, 0.29) is 12.6 Å². The van der Waals surface area contributed by atoms with Gasteiger partial charge in [-0.1, -0.05) is 37.3 Å². The topological polar surface area (TPSA) is 38.0 Å². The molecule has 0 radical (unpaired) electrons. The highest BCUT2D eigenvalue weighted by molar-refractivity contribution is 5.25. The van der Waals surface area contributed by atoms with Gasteiger partial charge in [0, 0.05) is 12.6 Å². The molecule has 3 N–H and O–H groups in total. The lowest BCUT2D eigenvalue weighted by atomic mass is 9.80. The van der Waals surface area contributed by atoms with Crippen molar-refractivity contribution in [1.29, 1.82) is 0 Å². The second-order valence-corrected chi connectivity index (χ2v) is 5.07. The molecule has 1 heterocycles. The van der Waals surface area contributed by atoms with Gasteiger partial charge in [-0.3, -0.25) is 0 Å². The Morgan fingerprint density at radius 1 is 1.41 bits per heavy atom. The van der Waals surface area contributed by atoms with E-state index in [2.05, 4.69) is 12.2 Å². The smallest absolute Gasteiger partial charge is 0.163 e. The number of halogens is 1. The van der Waals surface area contributed by atoms with Crippen molar-refractivity contribution >= 4 is 0 Å². The first-order valence-corrected chi connectivity index (χ1v) is 6.34. The van der Waals surface area contributed by atoms with Gasteiger partial charge in [0.25, 0.3) is 0 Å². The normalized spacial score (nSPS) is 28.6. The van der Waals surface area contributed by atoms with E-state index in [1.165, 1.54) is 0 Å². The summed E-state index contributed by atoms with van der Waals surface area (Å²) in [7, 11) is 0. The lowest BCUT2D eigenvalue weighted by molar-refractivity contribution is 0.0823. The molecule has 17 heavy (non-hydrogen) atoms. The number of hydrogen-bond acceptors (Lipinski definition) is 2. The standard InChI is InChI=1S/C14H21FN2/c1-11-7-8-17-13(9-11)14(15,10-16)12-5-3-2-4-6-12/h2-6,11,13,17H,7-10,16H2,1H3. The molecule has 2 rings (SSSR count). The highest BCUT2D eigenvalue weighted by Gasteiger charge is 2.41. The number of rotatable bonds is 3. The van der Waals surface area contributed by atoms with Gasteiger partial charge < -0.3 is 11.1 Å². The van der Waals surface area contributed by atoms with E-state index in [1.54, 1.807) is 0 Å². The first kappa shape index (κ1) is 12.5. The molecule has 1 aromatic carbocycles. The summed E-state index contributed by atoms with van der Waals surface area (Å²) in [6.07, 6.45) is 1.97. The van der Waals surface area contributed by atoms with Crippen molar-refractivity contribution in [3.05, 3.63) is 35.9 Å². The van der Waals surface area contributed by atoms with Gasteiger partial charge in [-0.05, 0) is 30.9 Å². The van der Waals surface area contributed by atoms with E-state index in [9.17, 15) is 0 Å². The molecule has 0 aromatic heterocycles. The Balaban J connectivity index is 2.24. The number of benzene rings is 1. The molecule has 2 nitrogen and oxygen atoms in total. The number of hydrogen-bond donors (Lipinski definition) is 2. The fourth-order valence-electron chi connectivity index (χ4n) is 2.63. The van der Waals surface area contributed by atoms with Crippen molar-refractivity contribution < 1.29 is 4.39 Å². The zero-order valence-electron chi connectivity index (χ0n) is 10.3. The Bertz CT molecular complexity index is 354. The maximum atomic E-state index is 15.1. The van der Waals surface area contributed by atoms with E-state index in [4.69, 9.17) is 5.73 Å². The number of alkyl halides is 1. The van der Waals surface area contributed by atoms with E-state index in [1.807, 2.05) is 30.3 Å². The van der Waals surface area contributed by atoms with Gasteiger partial charge in [-0.15, -0.1) is 0 Å². The molecule has 1 aliphatic heterocycles. The molecule has 1 fully saturated rings. The van der Waals surface area contributed by atoms with Crippen LogP contribution in [-0.2, 0) is 5.67 Å². The third kappa shape index (κ3) is 2.50. The summed E-state index contributed by atoms with van der Waals surface area (Å²) in [5.74, 6) is 0.562. The number of nitrogens with one attached hydrogen (secondary N) is 1. The van der Waals surface area contributed by atoms with Crippen LogP contribution in [0.3, 0.4) is 0 Å². The lowest BCUT2D eigenvalue weighted by Gasteiger charge is -2.38. The van der Waals surface area contributed by atoms with Crippen LogP contribution in [0.2, 0.25) is 0 Å². The van der Waals surface area contributed by atoms with Crippen LogP contribution in [0.1, 0.15) is 25.3 Å². The zero-order valence-corrected chi connectivity index (χ0v) is 10.3. The number of nitrogens with two attached hydrogens (primary N) is 1. The van der Waals surface area contributed by atoms with Gasteiger partial charge in [0.2, 0.25) is 0 Å². The summed E-state index contributed by atoms with van der Waals surface area (Å²) < 4.78 is 15.1. The van der Waals surface area contributed by atoms with Crippen molar-refractivity contribution in [1.82, 2.24) is 5.32 Å². The second-order valence-electron chi connectivity index (χ2n) is 5.07. The SMILES string of the molecule is CC1CCNC(C(F)(CN)c2ccccc2)C1. The molecule has 0 spiro atoms. The quantitative estimate of drug-likeness (QED) is 0.844. The van der Waals surface area contributed by atoms with Gasteiger partial charge in [0.15, 0.2) is 5.67 Å². The predicted octanol–water partition coefficient (Wildman–Crippen LogP) is 2.20. The minimum Gasteiger partial charge on any atom is -0.327 e. The molecular formula is C14H21FN2. The Hall–Kier alpha value is -0.930. The molecular weight excluding hydrogens is 215 g/mol. The highest BCUT2D eigenvalue weighted by Crippen LogP contribution is 2.34. The molecule has 3 unspecified atom stereocenters. The van der Waals surface area contributed by atoms with Crippen LogP contribution < -0.4 is 11.1 Å². The Labute approximate surface area is 102 Å². The first-order valence-electron chi connectivity index (χ1n) is 6.34. The van der Waals surface area contributed by atoms with E-state index < -0.39 is 5.67 Å². The molecule has 0 bridgehead atoms. The highest BCUT2D eigenvalue weighted by atomic mass is 19.1. The van der Waals surface area contributed by atoms with E-state index in [0.29, 0.717) is 11.5 Å². The zero-order chi connectivity index (χ0) is 12.3. The molecule has 0 aliphatic carbocycles. The van der Waals surface area contributed by atoms with Gasteiger partial charge in [-0.2, -0.15) is 0 Å². The third-order valence-corrected chi connectivity index (χ3v) is 3.77. The molecule has 1 saturated heterocycles. The van der Waals surface area contributed by atoms with Crippen molar-refractivity contribution in [3.63, 3.8) is 0 Å². The van der Waals surface area contributed by atoms with Gasteiger partial charge in [-0.25, -0.2) is 4.39 Å². The minimum atomic E-state index is -1.45. The molecule has 1 aliphatic rings. The van der Waals surface area contributed by atoms with Crippen LogP contribution >= 0.6 is 0 Å². The molecule has 0 amide bonds. The third-order valence-electron chi connectivity index (χ3n) is 3.77. The van der Waals surface area contributed by atoms with Gasteiger partial charge in [0.1, 0.15) is 0 Å². The minimum absolute atomic E-state index is 0.0292. The maximum absolute atomic E-state index is 15.1. The summed E-state index contributed by atoms with van der Waals surface area (Å²) in [4.78, 5) is 0.